The number of ether oxygens (including phenoxy) is 3. The number of carbonyl (C=O) groups is 1. The Morgan fingerprint density at radius 3 is 2.18 bits per heavy atom. The van der Waals surface area contributed by atoms with Gasteiger partial charge in [-0.05, 0) is 183 Å². The molecule has 0 radical (unpaired) electrons. The minimum absolute atomic E-state index is 0.0226. The van der Waals surface area contributed by atoms with Crippen molar-refractivity contribution in [3.8, 4) is 11.5 Å². The van der Waals surface area contributed by atoms with Crippen molar-refractivity contribution in [2.45, 2.75) is 169 Å². The molecule has 0 aliphatic heterocycles. The molecule has 0 heterocycles. The van der Waals surface area contributed by atoms with Crippen molar-refractivity contribution >= 4 is 17.9 Å². The predicted octanol–water partition coefficient (Wildman–Crippen LogP) is 15.4. The molecule has 2 aromatic carbocycles. The van der Waals surface area contributed by atoms with Crippen molar-refractivity contribution < 1.29 is 19.0 Å². The Morgan fingerprint density at radius 1 is 0.758 bits per heavy atom. The highest BCUT2D eigenvalue weighted by molar-refractivity contribution is 5.82. The lowest BCUT2D eigenvalue weighted by molar-refractivity contribution is -0.151. The Hall–Kier alpha value is -3.60. The van der Waals surface area contributed by atoms with Crippen molar-refractivity contribution in [1.29, 1.82) is 0 Å². The molecule has 3 fully saturated rings. The summed E-state index contributed by atoms with van der Waals surface area (Å²) in [5.74, 6) is 7.48. The van der Waals surface area contributed by atoms with E-state index in [0.29, 0.717) is 24.4 Å². The Morgan fingerprint density at radius 2 is 1.45 bits per heavy atom. The van der Waals surface area contributed by atoms with Gasteiger partial charge in [-0.1, -0.05) is 109 Å². The highest BCUT2D eigenvalue weighted by Gasteiger charge is 2.59. The molecule has 5 aliphatic carbocycles. The van der Waals surface area contributed by atoms with Crippen LogP contribution in [0.2, 0.25) is 0 Å². The number of aliphatic imine (C=N–C) groups is 1. The van der Waals surface area contributed by atoms with Gasteiger partial charge >= 0.3 is 5.97 Å². The van der Waals surface area contributed by atoms with Gasteiger partial charge in [0.1, 0.15) is 17.6 Å². The van der Waals surface area contributed by atoms with Gasteiger partial charge in [-0.2, -0.15) is 0 Å². The highest BCUT2D eigenvalue weighted by atomic mass is 16.5. The van der Waals surface area contributed by atoms with E-state index in [1.54, 1.807) is 5.57 Å². The number of carbonyl (C=O) groups excluding carboxylic acids is 1. The molecular weight excluding hydrogens is 763 g/mol. The van der Waals surface area contributed by atoms with Gasteiger partial charge in [0.25, 0.3) is 0 Å². The molecule has 0 amide bonds. The van der Waals surface area contributed by atoms with Crippen molar-refractivity contribution in [3.63, 3.8) is 0 Å². The first-order valence-electron chi connectivity index (χ1n) is 25.3. The first kappa shape index (κ1) is 46.4. The Bertz CT molecular complexity index is 1810. The maximum Gasteiger partial charge on any atom is 0.306 e. The van der Waals surface area contributed by atoms with Gasteiger partial charge in [-0.25, -0.2) is 0 Å². The third-order valence-electron chi connectivity index (χ3n) is 16.5. The second kappa shape index (κ2) is 22.3. The monoisotopic (exact) mass is 844 g/mol. The zero-order valence-electron chi connectivity index (χ0n) is 39.3. The van der Waals surface area contributed by atoms with Crippen molar-refractivity contribution in [1.82, 2.24) is 0 Å². The summed E-state index contributed by atoms with van der Waals surface area (Å²) in [6, 6.07) is 16.1. The molecule has 5 aliphatic rings. The maximum absolute atomic E-state index is 13.0. The average Bonchev–Trinajstić information content (AvgIpc) is 3.92. The van der Waals surface area contributed by atoms with Crippen LogP contribution < -0.4 is 9.47 Å². The number of benzene rings is 2. The van der Waals surface area contributed by atoms with Crippen LogP contribution in [0.5, 0.6) is 11.5 Å². The van der Waals surface area contributed by atoms with Crippen molar-refractivity contribution in [3.05, 3.63) is 90.0 Å². The number of hydrogen-bond acceptors (Lipinski definition) is 5. The fourth-order valence-electron chi connectivity index (χ4n) is 12.9. The number of allylic oxidation sites excluding steroid dienone is 5. The van der Waals surface area contributed by atoms with Crippen LogP contribution in [0.4, 0.5) is 5.69 Å². The lowest BCUT2D eigenvalue weighted by atomic mass is 9.47. The van der Waals surface area contributed by atoms with Gasteiger partial charge in [0.05, 0.1) is 18.9 Å². The molecule has 5 heteroatoms. The molecule has 338 valence electrons. The lowest BCUT2D eigenvalue weighted by Gasteiger charge is -2.58. The molecule has 0 aromatic heterocycles. The summed E-state index contributed by atoms with van der Waals surface area (Å²) in [6.45, 7) is 14.0. The van der Waals surface area contributed by atoms with E-state index in [2.05, 4.69) is 70.0 Å². The van der Waals surface area contributed by atoms with E-state index >= 15 is 0 Å². The molecule has 7 rings (SSSR count). The summed E-state index contributed by atoms with van der Waals surface area (Å²) in [4.78, 5) is 17.6. The van der Waals surface area contributed by atoms with Gasteiger partial charge in [0.15, 0.2) is 0 Å². The largest absolute Gasteiger partial charge is 0.494 e. The number of esters is 1. The lowest BCUT2D eigenvalue weighted by Crippen LogP contribution is -2.51. The SMILES string of the molecule is CC(C)CCC[C@@H](C)[C@H]1CC[C@H]2[C@@H]3CC=C4C[C@@H](OC(=O)CCCCCOc5ccc(C=Nc6ccc(OCCCCCCC7C=CC=C7)cc6)cc5)CC[C@]4(C)[C@H]3CC[C@]12C. The van der Waals surface area contributed by atoms with E-state index in [-0.39, 0.29) is 17.5 Å². The van der Waals surface area contributed by atoms with E-state index in [1.165, 1.54) is 83.5 Å². The fourth-order valence-corrected chi connectivity index (χ4v) is 12.9. The van der Waals surface area contributed by atoms with E-state index in [9.17, 15) is 4.79 Å². The molecule has 0 bridgehead atoms. The number of nitrogens with zero attached hydrogens (tertiary/aromatic N) is 1. The molecule has 0 N–H and O–H groups in total. The highest BCUT2D eigenvalue weighted by Crippen LogP contribution is 2.67. The zero-order chi connectivity index (χ0) is 43.4. The summed E-state index contributed by atoms with van der Waals surface area (Å²) in [5.41, 5.74) is 4.35. The summed E-state index contributed by atoms with van der Waals surface area (Å²) in [5, 5.41) is 0. The summed E-state index contributed by atoms with van der Waals surface area (Å²) in [7, 11) is 0. The fraction of sp³-hybridized carbons (Fsp3) is 0.649. The first-order chi connectivity index (χ1) is 30.1. The number of hydrogen-bond donors (Lipinski definition) is 0. The van der Waals surface area contributed by atoms with E-state index in [1.807, 2.05) is 54.7 Å². The minimum Gasteiger partial charge on any atom is -0.494 e. The molecule has 5 nitrogen and oxygen atoms in total. The maximum atomic E-state index is 13.0. The molecular formula is C57H81NO4. The second-order valence-corrected chi connectivity index (χ2v) is 21.1. The number of rotatable bonds is 23. The van der Waals surface area contributed by atoms with Crippen molar-refractivity contribution in [2.75, 3.05) is 13.2 Å². The summed E-state index contributed by atoms with van der Waals surface area (Å²) < 4.78 is 18.1. The Labute approximate surface area is 376 Å². The third-order valence-corrected chi connectivity index (χ3v) is 16.5. The van der Waals surface area contributed by atoms with Crippen LogP contribution in [0, 0.1) is 52.3 Å². The van der Waals surface area contributed by atoms with Gasteiger partial charge in [-0.3, -0.25) is 9.79 Å². The predicted molar refractivity (Wildman–Crippen MR) is 257 cm³/mol. The molecule has 3 saturated carbocycles. The molecule has 8 atom stereocenters. The molecule has 2 aromatic rings. The van der Waals surface area contributed by atoms with E-state index in [0.717, 1.165) is 103 Å². The molecule has 0 saturated heterocycles. The van der Waals surface area contributed by atoms with Crippen molar-refractivity contribution in [2.24, 2.45) is 57.2 Å². The topological polar surface area (TPSA) is 57.1 Å². The smallest absolute Gasteiger partial charge is 0.306 e. The standard InChI is InChI=1S/C57H81NO4/c1-42(2)16-15-17-43(3)52-32-33-53-51-31-24-46-40-50(34-36-56(46,4)54(51)35-37-57(52,53)5)62-55(59)21-10-8-14-39-60-48-27-22-45(23-28-48)41-58-47-25-29-49(30-26-47)61-38-13-7-6-9-18-44-19-11-12-20-44/h11-12,19-20,22-30,41-44,50-54H,6-10,13-18,21,31-40H2,1-5H3/t43-,50+,51+,52-,53+,54+,56+,57-/m1/s1. The minimum atomic E-state index is -0.0226. The number of fused-ring (bicyclic) bond motifs is 5. The van der Waals surface area contributed by atoms with Crippen LogP contribution in [0.1, 0.15) is 169 Å². The molecule has 0 spiro atoms. The summed E-state index contributed by atoms with van der Waals surface area (Å²) >= 11 is 0. The second-order valence-electron chi connectivity index (χ2n) is 21.1. The normalized spacial score (nSPS) is 28.4. The van der Waals surface area contributed by atoms with Crippen LogP contribution in [-0.4, -0.2) is 31.5 Å². The van der Waals surface area contributed by atoms with Crippen LogP contribution in [-0.2, 0) is 9.53 Å². The van der Waals surface area contributed by atoms with Crippen LogP contribution in [0.15, 0.2) is 89.5 Å². The average molecular weight is 844 g/mol. The Balaban J connectivity index is 0.745. The Kier molecular flexibility index (Phi) is 16.7. The summed E-state index contributed by atoms with van der Waals surface area (Å²) in [6.07, 6.45) is 37.0. The number of unbranched alkanes of at least 4 members (excludes halogenated alkanes) is 5. The van der Waals surface area contributed by atoms with E-state index < -0.39 is 0 Å². The quantitative estimate of drug-likeness (QED) is 0.0484. The van der Waals surface area contributed by atoms with Crippen LogP contribution in [0.3, 0.4) is 0 Å². The molecule has 62 heavy (non-hydrogen) atoms. The van der Waals surface area contributed by atoms with E-state index in [4.69, 9.17) is 14.2 Å². The van der Waals surface area contributed by atoms with Gasteiger partial charge in [0, 0.05) is 19.1 Å². The first-order valence-corrected chi connectivity index (χ1v) is 25.3. The zero-order valence-corrected chi connectivity index (χ0v) is 39.3. The van der Waals surface area contributed by atoms with Gasteiger partial charge < -0.3 is 14.2 Å². The third kappa shape index (κ3) is 12.1. The van der Waals surface area contributed by atoms with Crippen LogP contribution in [0.25, 0.3) is 0 Å². The van der Waals surface area contributed by atoms with Crippen LogP contribution >= 0.6 is 0 Å². The van der Waals surface area contributed by atoms with Gasteiger partial charge in [0.2, 0.25) is 0 Å². The molecule has 0 unspecified atom stereocenters. The van der Waals surface area contributed by atoms with Gasteiger partial charge in [-0.15, -0.1) is 0 Å².